The quantitative estimate of drug-likeness (QED) is 0.220. The first-order valence-corrected chi connectivity index (χ1v) is 12.8. The standard InChI is InChI=1S/C20H41O6PS/c1-6-7-8-9-10-11-12-13-19(21)28-18(17-26-27(22,23)24-5)16-25-15-14-20(2,3)4/h18H,6-17H2,1-5H3,(H,22,23)/t18-/m0/s1. The first kappa shape index (κ1) is 28.1. The third-order valence-electron chi connectivity index (χ3n) is 4.24. The second-order valence-corrected chi connectivity index (χ2v) is 11.2. The van der Waals surface area contributed by atoms with Crippen molar-refractivity contribution in [1.82, 2.24) is 0 Å². The predicted molar refractivity (Wildman–Crippen MR) is 117 cm³/mol. The summed E-state index contributed by atoms with van der Waals surface area (Å²) in [6.45, 7) is 9.42. The summed E-state index contributed by atoms with van der Waals surface area (Å²) in [5.74, 6) is 0. The van der Waals surface area contributed by atoms with Gasteiger partial charge >= 0.3 is 7.82 Å². The second-order valence-electron chi connectivity index (χ2n) is 8.32. The van der Waals surface area contributed by atoms with Gasteiger partial charge in [-0.2, -0.15) is 0 Å². The van der Waals surface area contributed by atoms with E-state index in [1.54, 1.807) is 0 Å². The van der Waals surface area contributed by atoms with Crippen LogP contribution in [-0.2, 0) is 23.1 Å². The maximum Gasteiger partial charge on any atom is 0.471 e. The first-order valence-electron chi connectivity index (χ1n) is 10.4. The highest BCUT2D eigenvalue weighted by Crippen LogP contribution is 2.42. The lowest BCUT2D eigenvalue weighted by Crippen LogP contribution is -2.22. The number of ether oxygens (including phenoxy) is 1. The van der Waals surface area contributed by atoms with E-state index in [-0.39, 0.29) is 22.4 Å². The zero-order chi connectivity index (χ0) is 21.5. The lowest BCUT2D eigenvalue weighted by molar-refractivity contribution is -0.111. The van der Waals surface area contributed by atoms with Crippen molar-refractivity contribution in [3.05, 3.63) is 0 Å². The van der Waals surface area contributed by atoms with Crippen LogP contribution in [0, 0.1) is 5.41 Å². The number of carbonyl (C=O) groups is 1. The van der Waals surface area contributed by atoms with Crippen LogP contribution >= 0.6 is 19.6 Å². The molecule has 168 valence electrons. The highest BCUT2D eigenvalue weighted by atomic mass is 32.2. The van der Waals surface area contributed by atoms with E-state index < -0.39 is 7.82 Å². The topological polar surface area (TPSA) is 82.1 Å². The van der Waals surface area contributed by atoms with Crippen LogP contribution in [0.4, 0.5) is 0 Å². The summed E-state index contributed by atoms with van der Waals surface area (Å²) in [6.07, 6.45) is 9.54. The van der Waals surface area contributed by atoms with Crippen LogP contribution < -0.4 is 0 Å². The minimum atomic E-state index is -4.06. The highest BCUT2D eigenvalue weighted by molar-refractivity contribution is 8.14. The molecule has 0 aromatic rings. The molecule has 2 atom stereocenters. The Kier molecular flexibility index (Phi) is 15.9. The Labute approximate surface area is 176 Å². The van der Waals surface area contributed by atoms with Gasteiger partial charge in [-0.05, 0) is 18.3 Å². The Morgan fingerprint density at radius 2 is 1.68 bits per heavy atom. The molecule has 0 aliphatic heterocycles. The van der Waals surface area contributed by atoms with Gasteiger partial charge in [-0.3, -0.25) is 13.8 Å². The van der Waals surface area contributed by atoms with Crippen molar-refractivity contribution >= 4 is 24.7 Å². The van der Waals surface area contributed by atoms with Crippen molar-refractivity contribution in [3.63, 3.8) is 0 Å². The maximum absolute atomic E-state index is 12.3. The van der Waals surface area contributed by atoms with Gasteiger partial charge in [0.25, 0.3) is 0 Å². The average molecular weight is 441 g/mol. The number of phosphoric acid groups is 1. The fraction of sp³-hybridized carbons (Fsp3) is 0.950. The normalized spacial score (nSPS) is 15.4. The molecular formula is C20H41O6PS. The minimum Gasteiger partial charge on any atom is -0.380 e. The van der Waals surface area contributed by atoms with Crippen LogP contribution in [0.5, 0.6) is 0 Å². The third kappa shape index (κ3) is 18.1. The predicted octanol–water partition coefficient (Wildman–Crippen LogP) is 5.97. The molecule has 8 heteroatoms. The van der Waals surface area contributed by atoms with Crippen molar-refractivity contribution in [2.75, 3.05) is 26.9 Å². The molecule has 6 nitrogen and oxygen atoms in total. The molecular weight excluding hydrogens is 399 g/mol. The van der Waals surface area contributed by atoms with Crippen LogP contribution in [0.15, 0.2) is 0 Å². The SMILES string of the molecule is CCCCCCCCCC(=O)S[C@@H](COCCC(C)(C)C)COP(=O)(O)OC. The summed E-state index contributed by atoms with van der Waals surface area (Å²) in [6, 6.07) is 0. The number of unbranched alkanes of at least 4 members (excludes halogenated alkanes) is 6. The van der Waals surface area contributed by atoms with Gasteiger partial charge in [-0.1, -0.05) is 78.0 Å². The Hall–Kier alpha value is 0.0900. The maximum atomic E-state index is 12.3. The first-order chi connectivity index (χ1) is 13.1. The summed E-state index contributed by atoms with van der Waals surface area (Å²) in [5.41, 5.74) is 0.170. The number of thioether (sulfide) groups is 1. The molecule has 0 rings (SSSR count). The smallest absolute Gasteiger partial charge is 0.380 e. The van der Waals surface area contributed by atoms with Crippen LogP contribution in [0.25, 0.3) is 0 Å². The van der Waals surface area contributed by atoms with E-state index in [0.717, 1.165) is 38.1 Å². The number of carbonyl (C=O) groups excluding carboxylic acids is 1. The lowest BCUT2D eigenvalue weighted by Gasteiger charge is -2.20. The molecule has 0 amide bonds. The third-order valence-corrected chi connectivity index (χ3v) is 6.25. The molecule has 0 aromatic heterocycles. The monoisotopic (exact) mass is 440 g/mol. The van der Waals surface area contributed by atoms with Gasteiger partial charge < -0.3 is 9.63 Å². The summed E-state index contributed by atoms with van der Waals surface area (Å²) < 4.78 is 26.6. The van der Waals surface area contributed by atoms with Crippen LogP contribution in [0.2, 0.25) is 0 Å². The molecule has 1 unspecified atom stereocenters. The molecule has 0 radical (unpaired) electrons. The van der Waals surface area contributed by atoms with Crippen molar-refractivity contribution in [2.45, 2.75) is 90.7 Å². The van der Waals surface area contributed by atoms with Crippen molar-refractivity contribution < 1.29 is 28.0 Å². The van der Waals surface area contributed by atoms with Crippen LogP contribution in [0.1, 0.15) is 85.5 Å². The minimum absolute atomic E-state index is 0.0649. The Balaban J connectivity index is 4.25. The molecule has 0 heterocycles. The Bertz CT molecular complexity index is 452. The average Bonchev–Trinajstić information content (AvgIpc) is 2.61. The zero-order valence-corrected chi connectivity index (χ0v) is 20.1. The van der Waals surface area contributed by atoms with E-state index in [2.05, 4.69) is 32.2 Å². The van der Waals surface area contributed by atoms with Crippen molar-refractivity contribution in [3.8, 4) is 0 Å². The molecule has 0 bridgehead atoms. The van der Waals surface area contributed by atoms with E-state index in [4.69, 9.17) is 9.26 Å². The fourth-order valence-corrected chi connectivity index (χ4v) is 3.92. The molecule has 0 aliphatic carbocycles. The van der Waals surface area contributed by atoms with Gasteiger partial charge in [0, 0.05) is 20.1 Å². The van der Waals surface area contributed by atoms with E-state index >= 15 is 0 Å². The van der Waals surface area contributed by atoms with E-state index in [1.807, 2.05) is 0 Å². The Morgan fingerprint density at radius 1 is 1.07 bits per heavy atom. The van der Waals surface area contributed by atoms with Gasteiger partial charge in [0.15, 0.2) is 5.12 Å². The van der Waals surface area contributed by atoms with Crippen molar-refractivity contribution in [2.24, 2.45) is 5.41 Å². The van der Waals surface area contributed by atoms with Crippen molar-refractivity contribution in [1.29, 1.82) is 0 Å². The largest absolute Gasteiger partial charge is 0.471 e. The highest BCUT2D eigenvalue weighted by Gasteiger charge is 2.23. The number of hydrogen-bond acceptors (Lipinski definition) is 6. The molecule has 0 saturated carbocycles. The van der Waals surface area contributed by atoms with Gasteiger partial charge in [0.2, 0.25) is 0 Å². The Morgan fingerprint density at radius 3 is 2.25 bits per heavy atom. The van der Waals surface area contributed by atoms with Crippen LogP contribution in [0.3, 0.4) is 0 Å². The summed E-state index contributed by atoms with van der Waals surface area (Å²) in [4.78, 5) is 21.7. The number of hydrogen-bond donors (Lipinski definition) is 1. The number of rotatable bonds is 17. The van der Waals surface area contributed by atoms with Gasteiger partial charge in [-0.15, -0.1) is 0 Å². The number of phosphoric ester groups is 1. The van der Waals surface area contributed by atoms with Gasteiger partial charge in [-0.25, -0.2) is 4.57 Å². The van der Waals surface area contributed by atoms with E-state index in [1.165, 1.54) is 32.1 Å². The molecule has 0 spiro atoms. The summed E-state index contributed by atoms with van der Waals surface area (Å²) >= 11 is 1.15. The van der Waals surface area contributed by atoms with E-state index in [0.29, 0.717) is 19.6 Å². The molecule has 0 aromatic carbocycles. The molecule has 28 heavy (non-hydrogen) atoms. The second kappa shape index (κ2) is 15.9. The van der Waals surface area contributed by atoms with Crippen LogP contribution in [-0.4, -0.2) is 42.2 Å². The van der Waals surface area contributed by atoms with Gasteiger partial charge in [0.1, 0.15) is 0 Å². The van der Waals surface area contributed by atoms with E-state index in [9.17, 15) is 14.3 Å². The zero-order valence-electron chi connectivity index (χ0n) is 18.4. The summed E-state index contributed by atoms with van der Waals surface area (Å²) in [5, 5.41) is -0.251. The molecule has 0 saturated heterocycles. The molecule has 0 aliphatic rings. The summed E-state index contributed by atoms with van der Waals surface area (Å²) in [7, 11) is -2.94. The van der Waals surface area contributed by atoms with Gasteiger partial charge in [0.05, 0.1) is 18.5 Å². The fourth-order valence-electron chi connectivity index (χ4n) is 2.41. The lowest BCUT2D eigenvalue weighted by atomic mass is 9.93. The molecule has 0 fully saturated rings. The molecule has 1 N–H and O–H groups in total.